The maximum absolute atomic E-state index is 12.9. The second-order valence-electron chi connectivity index (χ2n) is 10.00. The van der Waals surface area contributed by atoms with Crippen molar-refractivity contribution in [2.45, 2.75) is 57.4 Å². The van der Waals surface area contributed by atoms with Crippen molar-refractivity contribution < 1.29 is 14.3 Å². The van der Waals surface area contributed by atoms with Gasteiger partial charge in [0, 0.05) is 23.6 Å². The van der Waals surface area contributed by atoms with Crippen LogP contribution < -0.4 is 15.2 Å². The van der Waals surface area contributed by atoms with E-state index in [-0.39, 0.29) is 23.8 Å². The first-order valence-corrected chi connectivity index (χ1v) is 13.1. The third kappa shape index (κ3) is 4.49. The summed E-state index contributed by atoms with van der Waals surface area (Å²) in [5.74, 6) is 2.56. The first-order valence-electron chi connectivity index (χ1n) is 12.7. The standard InChI is InChI=1S/C28H34ClN3O3/c1-34-19-12-13-22-24(16-19)32(28(31-22)18-11-14-25(35-2)21(29)15-18)23-10-6-5-9-20(23)26(27(30)33)17-7-3-4-8-17/h11-17,20,23,26H,3-10H2,1-2H3,(H2,30,33). The second kappa shape index (κ2) is 10.1. The fourth-order valence-corrected chi connectivity index (χ4v) is 6.79. The van der Waals surface area contributed by atoms with Crippen LogP contribution in [0.1, 0.15) is 57.4 Å². The summed E-state index contributed by atoms with van der Waals surface area (Å²) < 4.78 is 13.3. The molecule has 7 heteroatoms. The average Bonchev–Trinajstić information content (AvgIpc) is 3.52. The molecule has 0 radical (unpaired) electrons. The van der Waals surface area contributed by atoms with E-state index in [4.69, 9.17) is 31.8 Å². The van der Waals surface area contributed by atoms with Crippen molar-refractivity contribution >= 4 is 28.5 Å². The van der Waals surface area contributed by atoms with Gasteiger partial charge in [-0.25, -0.2) is 4.98 Å². The average molecular weight is 496 g/mol. The van der Waals surface area contributed by atoms with Crippen LogP contribution in [-0.4, -0.2) is 29.7 Å². The molecule has 5 rings (SSSR count). The van der Waals surface area contributed by atoms with Gasteiger partial charge in [0.1, 0.15) is 17.3 Å². The van der Waals surface area contributed by atoms with Crippen LogP contribution in [0, 0.1) is 17.8 Å². The van der Waals surface area contributed by atoms with Gasteiger partial charge in [0.15, 0.2) is 0 Å². The summed E-state index contributed by atoms with van der Waals surface area (Å²) in [5.41, 5.74) is 8.94. The number of carbonyl (C=O) groups is 1. The minimum Gasteiger partial charge on any atom is -0.497 e. The van der Waals surface area contributed by atoms with Crippen LogP contribution >= 0.6 is 11.6 Å². The van der Waals surface area contributed by atoms with Gasteiger partial charge in [0.05, 0.1) is 30.3 Å². The lowest BCUT2D eigenvalue weighted by Crippen LogP contribution is -2.40. The number of hydrogen-bond donors (Lipinski definition) is 1. The molecule has 0 bridgehead atoms. The van der Waals surface area contributed by atoms with Crippen molar-refractivity contribution in [1.29, 1.82) is 0 Å². The quantitative estimate of drug-likeness (QED) is 0.411. The summed E-state index contributed by atoms with van der Waals surface area (Å²) in [6, 6.07) is 11.9. The molecule has 0 saturated heterocycles. The highest BCUT2D eigenvalue weighted by Gasteiger charge is 2.42. The van der Waals surface area contributed by atoms with E-state index in [2.05, 4.69) is 10.6 Å². The maximum atomic E-state index is 12.9. The van der Waals surface area contributed by atoms with E-state index in [9.17, 15) is 4.79 Å². The second-order valence-corrected chi connectivity index (χ2v) is 10.4. The van der Waals surface area contributed by atoms with E-state index in [1.165, 1.54) is 12.8 Å². The summed E-state index contributed by atoms with van der Waals surface area (Å²) >= 11 is 6.53. The fraction of sp³-hybridized carbons (Fsp3) is 0.500. The molecule has 6 nitrogen and oxygen atoms in total. The number of nitrogens with two attached hydrogens (primary N) is 1. The Balaban J connectivity index is 1.68. The molecular weight excluding hydrogens is 462 g/mol. The van der Waals surface area contributed by atoms with Crippen molar-refractivity contribution in [2.24, 2.45) is 23.5 Å². The molecule has 3 unspecified atom stereocenters. The van der Waals surface area contributed by atoms with Gasteiger partial charge in [0.25, 0.3) is 0 Å². The Hall–Kier alpha value is -2.73. The Morgan fingerprint density at radius 1 is 1.03 bits per heavy atom. The van der Waals surface area contributed by atoms with Crippen molar-refractivity contribution in [3.63, 3.8) is 0 Å². The third-order valence-electron chi connectivity index (χ3n) is 8.12. The summed E-state index contributed by atoms with van der Waals surface area (Å²) in [6.07, 6.45) is 8.79. The van der Waals surface area contributed by atoms with Crippen molar-refractivity contribution in [3.8, 4) is 22.9 Å². The molecule has 1 amide bonds. The number of halogens is 1. The molecule has 3 atom stereocenters. The lowest BCUT2D eigenvalue weighted by Gasteiger charge is -2.40. The minimum atomic E-state index is -0.148. The first kappa shape index (κ1) is 24.0. The molecule has 2 aromatic carbocycles. The molecule has 35 heavy (non-hydrogen) atoms. The summed E-state index contributed by atoms with van der Waals surface area (Å²) in [4.78, 5) is 17.9. The monoisotopic (exact) mass is 495 g/mol. The van der Waals surface area contributed by atoms with Crippen LogP contribution in [-0.2, 0) is 4.79 Å². The predicted octanol–water partition coefficient (Wildman–Crippen LogP) is 6.40. The van der Waals surface area contributed by atoms with Gasteiger partial charge >= 0.3 is 0 Å². The van der Waals surface area contributed by atoms with Crippen LogP contribution in [0.15, 0.2) is 36.4 Å². The number of methoxy groups -OCH3 is 2. The molecular formula is C28H34ClN3O3. The van der Waals surface area contributed by atoms with E-state index >= 15 is 0 Å². The van der Waals surface area contributed by atoms with Gasteiger partial charge < -0.3 is 19.8 Å². The Bertz CT molecular complexity index is 1220. The Kier molecular flexibility index (Phi) is 6.92. The number of fused-ring (bicyclic) bond motifs is 1. The third-order valence-corrected chi connectivity index (χ3v) is 8.41. The number of aromatic nitrogens is 2. The number of ether oxygens (including phenoxy) is 2. The van der Waals surface area contributed by atoms with Gasteiger partial charge in [-0.1, -0.05) is 37.3 Å². The van der Waals surface area contributed by atoms with Crippen molar-refractivity contribution in [1.82, 2.24) is 9.55 Å². The zero-order valence-electron chi connectivity index (χ0n) is 20.5. The number of imidazole rings is 1. The Morgan fingerprint density at radius 2 is 1.77 bits per heavy atom. The highest BCUT2D eigenvalue weighted by atomic mass is 35.5. The summed E-state index contributed by atoms with van der Waals surface area (Å²) in [7, 11) is 3.29. The minimum absolute atomic E-state index is 0.113. The Labute approximate surface area is 211 Å². The summed E-state index contributed by atoms with van der Waals surface area (Å²) in [6.45, 7) is 0. The van der Waals surface area contributed by atoms with E-state index in [1.54, 1.807) is 14.2 Å². The van der Waals surface area contributed by atoms with Crippen molar-refractivity contribution in [3.05, 3.63) is 41.4 Å². The van der Waals surface area contributed by atoms with E-state index < -0.39 is 0 Å². The molecule has 1 aromatic heterocycles. The molecule has 1 heterocycles. The molecule has 0 aliphatic heterocycles. The van der Waals surface area contributed by atoms with Crippen LogP contribution in [0.2, 0.25) is 5.02 Å². The van der Waals surface area contributed by atoms with Gasteiger partial charge in [-0.15, -0.1) is 0 Å². The predicted molar refractivity (Wildman–Crippen MR) is 139 cm³/mol. The van der Waals surface area contributed by atoms with Crippen LogP contribution in [0.4, 0.5) is 0 Å². The largest absolute Gasteiger partial charge is 0.497 e. The van der Waals surface area contributed by atoms with Crippen LogP contribution in [0.25, 0.3) is 22.4 Å². The number of carbonyl (C=O) groups excluding carboxylic acids is 1. The number of primary amides is 1. The van der Waals surface area contributed by atoms with E-state index in [0.717, 1.165) is 66.7 Å². The molecule has 0 spiro atoms. The lowest BCUT2D eigenvalue weighted by molar-refractivity contribution is -0.126. The van der Waals surface area contributed by atoms with Crippen molar-refractivity contribution in [2.75, 3.05) is 14.2 Å². The Morgan fingerprint density at radius 3 is 2.46 bits per heavy atom. The van der Waals surface area contributed by atoms with E-state index in [1.807, 2.05) is 30.3 Å². The van der Waals surface area contributed by atoms with Gasteiger partial charge in [-0.05, 0) is 67.9 Å². The van der Waals surface area contributed by atoms with E-state index in [0.29, 0.717) is 16.7 Å². The molecule has 186 valence electrons. The molecule has 2 fully saturated rings. The van der Waals surface area contributed by atoms with Crippen LogP contribution in [0.5, 0.6) is 11.5 Å². The molecule has 2 aliphatic carbocycles. The number of hydrogen-bond acceptors (Lipinski definition) is 4. The lowest BCUT2D eigenvalue weighted by atomic mass is 9.70. The maximum Gasteiger partial charge on any atom is 0.221 e. The molecule has 2 aliphatic rings. The fourth-order valence-electron chi connectivity index (χ4n) is 6.53. The highest BCUT2D eigenvalue weighted by molar-refractivity contribution is 6.32. The molecule has 3 aromatic rings. The number of nitrogens with zero attached hydrogens (tertiary/aromatic N) is 2. The van der Waals surface area contributed by atoms with Gasteiger partial charge in [-0.3, -0.25) is 4.79 Å². The van der Waals surface area contributed by atoms with Gasteiger partial charge in [0.2, 0.25) is 5.91 Å². The zero-order chi connectivity index (χ0) is 24.5. The zero-order valence-corrected chi connectivity index (χ0v) is 21.3. The number of benzene rings is 2. The highest BCUT2D eigenvalue weighted by Crippen LogP contribution is 2.48. The molecule has 2 saturated carbocycles. The first-order chi connectivity index (χ1) is 17.0. The number of rotatable bonds is 7. The SMILES string of the molecule is COc1ccc2nc(-c3ccc(OC)c(Cl)c3)n(C3CCCCC3C(C(N)=O)C3CCCC3)c2c1. The summed E-state index contributed by atoms with van der Waals surface area (Å²) in [5, 5.41) is 0.544. The smallest absolute Gasteiger partial charge is 0.221 e. The molecule has 2 N–H and O–H groups in total. The topological polar surface area (TPSA) is 79.4 Å². The normalized spacial score (nSPS) is 21.8. The van der Waals surface area contributed by atoms with Gasteiger partial charge in [-0.2, -0.15) is 0 Å². The number of amides is 1. The van der Waals surface area contributed by atoms with Crippen LogP contribution in [0.3, 0.4) is 0 Å².